The zero-order chi connectivity index (χ0) is 13.2. The number of rotatable bonds is 3. The average molecular weight is 280 g/mol. The first-order valence-electron chi connectivity index (χ1n) is 5.59. The molecule has 0 fully saturated rings. The molecule has 0 atom stereocenters. The van der Waals surface area contributed by atoms with E-state index in [9.17, 15) is 4.79 Å². The number of H-pyrrole nitrogens is 1. The van der Waals surface area contributed by atoms with Gasteiger partial charge < -0.3 is 19.8 Å². The molecule has 1 aliphatic rings. The first kappa shape index (κ1) is 11.9. The predicted molar refractivity (Wildman–Crippen MR) is 69.8 cm³/mol. The molecule has 19 heavy (non-hydrogen) atoms. The highest BCUT2D eigenvalue weighted by molar-refractivity contribution is 6.32. The standard InChI is InChI=1S/C12H10ClN3O3/c13-10-11(15-5-16-12(10)17)14-4-7-1-2-8-9(3-7)19-6-18-8/h1-3,5H,4,6H2,(H2,14,15,16,17). The van der Waals surface area contributed by atoms with Gasteiger partial charge in [-0.05, 0) is 17.7 Å². The highest BCUT2D eigenvalue weighted by Gasteiger charge is 2.13. The second kappa shape index (κ2) is 4.81. The summed E-state index contributed by atoms with van der Waals surface area (Å²) in [4.78, 5) is 17.7. The number of ether oxygens (including phenoxy) is 2. The second-order valence-electron chi connectivity index (χ2n) is 3.94. The number of nitrogens with zero attached hydrogens (tertiary/aromatic N) is 1. The van der Waals surface area contributed by atoms with Crippen LogP contribution in [0.2, 0.25) is 5.02 Å². The molecule has 2 N–H and O–H groups in total. The molecule has 0 spiro atoms. The number of aromatic amines is 1. The van der Waals surface area contributed by atoms with Crippen LogP contribution in [0.4, 0.5) is 5.82 Å². The van der Waals surface area contributed by atoms with Gasteiger partial charge in [0.25, 0.3) is 5.56 Å². The molecule has 0 saturated carbocycles. The van der Waals surface area contributed by atoms with Crippen molar-refractivity contribution in [2.45, 2.75) is 6.54 Å². The monoisotopic (exact) mass is 279 g/mol. The Balaban J connectivity index is 1.76. The van der Waals surface area contributed by atoms with Crippen LogP contribution in [0, 0.1) is 0 Å². The third-order valence-electron chi connectivity index (χ3n) is 2.69. The Morgan fingerprint density at radius 1 is 1.37 bits per heavy atom. The van der Waals surface area contributed by atoms with Gasteiger partial charge in [0.2, 0.25) is 6.79 Å². The topological polar surface area (TPSA) is 76.2 Å². The van der Waals surface area contributed by atoms with Crippen molar-refractivity contribution < 1.29 is 9.47 Å². The molecule has 2 aromatic rings. The number of anilines is 1. The first-order chi connectivity index (χ1) is 9.24. The van der Waals surface area contributed by atoms with Gasteiger partial charge in [-0.15, -0.1) is 0 Å². The SMILES string of the molecule is O=c1[nH]cnc(NCc2ccc3c(c2)OCO3)c1Cl. The van der Waals surface area contributed by atoms with Gasteiger partial charge in [-0.3, -0.25) is 4.79 Å². The molecule has 1 aliphatic heterocycles. The Labute approximate surface area is 113 Å². The lowest BCUT2D eigenvalue weighted by Crippen LogP contribution is -2.11. The number of halogens is 1. The Kier molecular flexibility index (Phi) is 3.00. The van der Waals surface area contributed by atoms with E-state index in [1.807, 2.05) is 18.2 Å². The number of benzene rings is 1. The lowest BCUT2D eigenvalue weighted by molar-refractivity contribution is 0.174. The molecule has 1 aromatic carbocycles. The van der Waals surface area contributed by atoms with E-state index in [4.69, 9.17) is 21.1 Å². The van der Waals surface area contributed by atoms with Crippen molar-refractivity contribution >= 4 is 17.4 Å². The molecule has 2 heterocycles. The number of aromatic nitrogens is 2. The van der Waals surface area contributed by atoms with Gasteiger partial charge in [0, 0.05) is 6.54 Å². The van der Waals surface area contributed by atoms with Gasteiger partial charge in [0.1, 0.15) is 5.02 Å². The van der Waals surface area contributed by atoms with Crippen molar-refractivity contribution in [3.63, 3.8) is 0 Å². The molecule has 0 amide bonds. The van der Waals surface area contributed by atoms with Gasteiger partial charge >= 0.3 is 0 Å². The summed E-state index contributed by atoms with van der Waals surface area (Å²) in [6, 6.07) is 5.62. The molecule has 0 unspecified atom stereocenters. The quantitative estimate of drug-likeness (QED) is 0.895. The lowest BCUT2D eigenvalue weighted by atomic mass is 10.2. The summed E-state index contributed by atoms with van der Waals surface area (Å²) in [6.07, 6.45) is 1.30. The van der Waals surface area contributed by atoms with E-state index in [0.717, 1.165) is 11.3 Å². The number of hydrogen-bond donors (Lipinski definition) is 2. The molecular weight excluding hydrogens is 270 g/mol. The lowest BCUT2D eigenvalue weighted by Gasteiger charge is -2.07. The summed E-state index contributed by atoms with van der Waals surface area (Å²) in [6.45, 7) is 0.723. The minimum atomic E-state index is -0.371. The fraction of sp³-hybridized carbons (Fsp3) is 0.167. The number of fused-ring (bicyclic) bond motifs is 1. The summed E-state index contributed by atoms with van der Waals surface area (Å²) in [7, 11) is 0. The fourth-order valence-corrected chi connectivity index (χ4v) is 1.91. The molecule has 0 bridgehead atoms. The van der Waals surface area contributed by atoms with Crippen LogP contribution in [0.3, 0.4) is 0 Å². The van der Waals surface area contributed by atoms with Crippen LogP contribution in [-0.4, -0.2) is 16.8 Å². The van der Waals surface area contributed by atoms with E-state index < -0.39 is 0 Å². The van der Waals surface area contributed by atoms with Crippen molar-refractivity contribution in [3.8, 4) is 11.5 Å². The molecule has 0 aliphatic carbocycles. The molecule has 0 radical (unpaired) electrons. The highest BCUT2D eigenvalue weighted by atomic mass is 35.5. The van der Waals surface area contributed by atoms with Gasteiger partial charge in [-0.25, -0.2) is 4.98 Å². The molecule has 3 rings (SSSR count). The Morgan fingerprint density at radius 3 is 3.11 bits per heavy atom. The number of hydrogen-bond acceptors (Lipinski definition) is 5. The Bertz CT molecular complexity index is 672. The molecule has 7 heteroatoms. The largest absolute Gasteiger partial charge is 0.454 e. The predicted octanol–water partition coefficient (Wildman–Crippen LogP) is 1.76. The van der Waals surface area contributed by atoms with E-state index >= 15 is 0 Å². The maximum absolute atomic E-state index is 11.3. The van der Waals surface area contributed by atoms with Crippen LogP contribution in [0.25, 0.3) is 0 Å². The zero-order valence-electron chi connectivity index (χ0n) is 9.77. The first-order valence-corrected chi connectivity index (χ1v) is 5.97. The van der Waals surface area contributed by atoms with Crippen molar-refractivity contribution in [2.24, 2.45) is 0 Å². The van der Waals surface area contributed by atoms with Crippen LogP contribution >= 0.6 is 11.6 Å². The summed E-state index contributed by atoms with van der Waals surface area (Å²) < 4.78 is 10.5. The molecular formula is C12H10ClN3O3. The van der Waals surface area contributed by atoms with Crippen LogP contribution < -0.4 is 20.3 Å². The summed E-state index contributed by atoms with van der Waals surface area (Å²) >= 11 is 5.84. The minimum absolute atomic E-state index is 0.0447. The Hall–Kier alpha value is -2.21. The normalized spacial score (nSPS) is 12.5. The molecule has 0 saturated heterocycles. The van der Waals surface area contributed by atoms with Crippen molar-refractivity contribution in [3.05, 3.63) is 45.5 Å². The highest BCUT2D eigenvalue weighted by Crippen LogP contribution is 2.32. The summed E-state index contributed by atoms with van der Waals surface area (Å²) in [5.41, 5.74) is 0.604. The molecule has 98 valence electrons. The van der Waals surface area contributed by atoms with Crippen LogP contribution in [0.5, 0.6) is 11.5 Å². The Morgan fingerprint density at radius 2 is 2.21 bits per heavy atom. The average Bonchev–Trinajstić information content (AvgIpc) is 2.88. The van der Waals surface area contributed by atoms with Gasteiger partial charge in [0.15, 0.2) is 17.3 Å². The maximum Gasteiger partial charge on any atom is 0.271 e. The van der Waals surface area contributed by atoms with Gasteiger partial charge in [0.05, 0.1) is 6.33 Å². The van der Waals surface area contributed by atoms with E-state index in [1.165, 1.54) is 6.33 Å². The van der Waals surface area contributed by atoms with E-state index in [-0.39, 0.29) is 17.4 Å². The molecule has 6 nitrogen and oxygen atoms in total. The van der Waals surface area contributed by atoms with Crippen LogP contribution in [0.15, 0.2) is 29.3 Å². The second-order valence-corrected chi connectivity index (χ2v) is 4.31. The van der Waals surface area contributed by atoms with E-state index in [0.29, 0.717) is 18.1 Å². The van der Waals surface area contributed by atoms with E-state index in [2.05, 4.69) is 15.3 Å². The van der Waals surface area contributed by atoms with Gasteiger partial charge in [-0.1, -0.05) is 17.7 Å². The van der Waals surface area contributed by atoms with Crippen LogP contribution in [0.1, 0.15) is 5.56 Å². The molecule has 1 aromatic heterocycles. The van der Waals surface area contributed by atoms with Crippen molar-refractivity contribution in [1.29, 1.82) is 0 Å². The fourth-order valence-electron chi connectivity index (χ4n) is 1.74. The van der Waals surface area contributed by atoms with E-state index in [1.54, 1.807) is 0 Å². The third kappa shape index (κ3) is 2.34. The van der Waals surface area contributed by atoms with Crippen molar-refractivity contribution in [2.75, 3.05) is 12.1 Å². The maximum atomic E-state index is 11.3. The third-order valence-corrected chi connectivity index (χ3v) is 3.04. The zero-order valence-corrected chi connectivity index (χ0v) is 10.5. The smallest absolute Gasteiger partial charge is 0.271 e. The minimum Gasteiger partial charge on any atom is -0.454 e. The summed E-state index contributed by atoms with van der Waals surface area (Å²) in [5.74, 6) is 1.79. The van der Waals surface area contributed by atoms with Crippen molar-refractivity contribution in [1.82, 2.24) is 9.97 Å². The number of nitrogens with one attached hydrogen (secondary N) is 2. The van der Waals surface area contributed by atoms with Crippen LogP contribution in [-0.2, 0) is 6.54 Å². The summed E-state index contributed by atoms with van der Waals surface area (Å²) in [5, 5.41) is 3.05. The van der Waals surface area contributed by atoms with Gasteiger partial charge in [-0.2, -0.15) is 0 Å².